The van der Waals surface area contributed by atoms with Crippen molar-refractivity contribution in [2.24, 2.45) is 5.73 Å². The number of benzene rings is 2. The fourth-order valence-corrected chi connectivity index (χ4v) is 3.54. The van der Waals surface area contributed by atoms with Crippen LogP contribution in [-0.2, 0) is 5.60 Å². The van der Waals surface area contributed by atoms with Crippen molar-refractivity contribution in [3.8, 4) is 28.5 Å². The van der Waals surface area contributed by atoms with Gasteiger partial charge in [-0.05, 0) is 48.5 Å². The number of rotatable bonds is 9. The Balaban J connectivity index is 1.96. The fourth-order valence-electron chi connectivity index (χ4n) is 3.36. The highest BCUT2D eigenvalue weighted by Gasteiger charge is 2.56. The molecule has 0 aliphatic heterocycles. The number of aromatic nitrogens is 1. The summed E-state index contributed by atoms with van der Waals surface area (Å²) in [6.45, 7) is -1.44. The summed E-state index contributed by atoms with van der Waals surface area (Å²) in [7, 11) is 2.57. The molecule has 0 bridgehead atoms. The number of alkyl halides is 3. The van der Waals surface area contributed by atoms with E-state index in [4.69, 9.17) is 31.5 Å². The molecule has 0 spiro atoms. The van der Waals surface area contributed by atoms with E-state index in [9.17, 15) is 27.5 Å². The Hall–Kier alpha value is -3.61. The Kier molecular flexibility index (Phi) is 8.46. The van der Waals surface area contributed by atoms with Crippen molar-refractivity contribution in [3.63, 3.8) is 0 Å². The zero-order valence-corrected chi connectivity index (χ0v) is 20.3. The largest absolute Gasteiger partial charge is 0.494 e. The van der Waals surface area contributed by atoms with E-state index in [0.29, 0.717) is 0 Å². The molecule has 0 saturated heterocycles. The first-order valence-corrected chi connectivity index (χ1v) is 10.9. The molecule has 13 heteroatoms. The van der Waals surface area contributed by atoms with E-state index in [1.807, 2.05) is 0 Å². The summed E-state index contributed by atoms with van der Waals surface area (Å²) >= 11 is 5.81. The first kappa shape index (κ1) is 28.0. The van der Waals surface area contributed by atoms with Crippen molar-refractivity contribution >= 4 is 17.5 Å². The number of hydrogen-bond donors (Lipinski definition) is 3. The predicted molar refractivity (Wildman–Crippen MR) is 126 cm³/mol. The van der Waals surface area contributed by atoms with Crippen LogP contribution in [0.3, 0.4) is 0 Å². The first-order chi connectivity index (χ1) is 17.4. The van der Waals surface area contributed by atoms with E-state index >= 15 is 0 Å². The molecule has 3 aromatic rings. The molecule has 0 aliphatic carbocycles. The van der Waals surface area contributed by atoms with Gasteiger partial charge in [-0.1, -0.05) is 11.6 Å². The van der Waals surface area contributed by atoms with Gasteiger partial charge < -0.3 is 24.6 Å². The number of carbonyl (C=O) groups is 1. The predicted octanol–water partition coefficient (Wildman–Crippen LogP) is 4.03. The first-order valence-electron chi connectivity index (χ1n) is 10.5. The third-order valence-corrected chi connectivity index (χ3v) is 5.62. The lowest BCUT2D eigenvalue weighted by Crippen LogP contribution is -2.51. The molecule has 37 heavy (non-hydrogen) atoms. The summed E-state index contributed by atoms with van der Waals surface area (Å²) < 4.78 is 71.5. The topological polar surface area (TPSA) is 116 Å². The lowest BCUT2D eigenvalue weighted by Gasteiger charge is -2.30. The summed E-state index contributed by atoms with van der Waals surface area (Å²) in [6, 6.07) is 9.39. The van der Waals surface area contributed by atoms with E-state index in [0.717, 1.165) is 24.3 Å². The Morgan fingerprint density at radius 1 is 1.05 bits per heavy atom. The molecule has 3 rings (SSSR count). The molecule has 1 amide bonds. The number of halogens is 5. The van der Waals surface area contributed by atoms with Gasteiger partial charge in [0.1, 0.15) is 24.0 Å². The molecule has 1 aromatic heterocycles. The van der Waals surface area contributed by atoms with Gasteiger partial charge in [0.2, 0.25) is 5.60 Å². The molecule has 1 heterocycles. The molecule has 0 radical (unpaired) electrons. The number of carbonyl (C=O) groups excluding carboxylic acids is 1. The highest BCUT2D eigenvalue weighted by molar-refractivity contribution is 6.31. The van der Waals surface area contributed by atoms with Crippen molar-refractivity contribution in [2.75, 3.05) is 27.5 Å². The molecule has 1 unspecified atom stereocenters. The normalized spacial score (nSPS) is 13.0. The van der Waals surface area contributed by atoms with Crippen molar-refractivity contribution in [1.82, 2.24) is 10.3 Å². The summed E-state index contributed by atoms with van der Waals surface area (Å²) in [5.41, 5.74) is 0.851. The third kappa shape index (κ3) is 5.87. The molecule has 0 saturated carbocycles. The number of methoxy groups -OCH3 is 2. The molecule has 198 valence electrons. The van der Waals surface area contributed by atoms with Crippen LogP contribution in [0.2, 0.25) is 5.02 Å². The van der Waals surface area contributed by atoms with Crippen LogP contribution in [0.5, 0.6) is 17.2 Å². The van der Waals surface area contributed by atoms with Gasteiger partial charge >= 0.3 is 6.18 Å². The second-order valence-electron chi connectivity index (χ2n) is 7.59. The van der Waals surface area contributed by atoms with Crippen molar-refractivity contribution in [3.05, 3.63) is 70.6 Å². The molecular formula is C24H22ClF4N3O5. The van der Waals surface area contributed by atoms with Crippen LogP contribution >= 0.6 is 11.6 Å². The fraction of sp³-hybridized carbons (Fsp3) is 0.250. The average molecular weight is 544 g/mol. The van der Waals surface area contributed by atoms with Gasteiger partial charge in [0, 0.05) is 11.1 Å². The summed E-state index contributed by atoms with van der Waals surface area (Å²) in [6.07, 6.45) is -5.25. The number of amides is 1. The van der Waals surface area contributed by atoms with E-state index in [2.05, 4.69) is 10.3 Å². The van der Waals surface area contributed by atoms with Crippen molar-refractivity contribution in [1.29, 1.82) is 0 Å². The van der Waals surface area contributed by atoms with Gasteiger partial charge in [0.25, 0.3) is 5.91 Å². The van der Waals surface area contributed by atoms with Crippen LogP contribution in [0.15, 0.2) is 48.5 Å². The molecule has 0 fully saturated rings. The highest BCUT2D eigenvalue weighted by atomic mass is 35.5. The van der Waals surface area contributed by atoms with Crippen LogP contribution in [0, 0.1) is 5.82 Å². The third-order valence-electron chi connectivity index (χ3n) is 5.33. The van der Waals surface area contributed by atoms with Crippen LogP contribution in [-0.4, -0.2) is 49.7 Å². The Bertz CT molecular complexity index is 1290. The van der Waals surface area contributed by atoms with Gasteiger partial charge in [0.15, 0.2) is 11.5 Å². The quantitative estimate of drug-likeness (QED) is 0.276. The highest BCUT2D eigenvalue weighted by Crippen LogP contribution is 2.40. The van der Waals surface area contributed by atoms with Gasteiger partial charge in [-0.2, -0.15) is 13.2 Å². The zero-order chi connectivity index (χ0) is 27.4. The maximum absolute atomic E-state index is 14.1. The van der Waals surface area contributed by atoms with Gasteiger partial charge in [-0.3, -0.25) is 10.5 Å². The van der Waals surface area contributed by atoms with Crippen LogP contribution in [0.25, 0.3) is 11.3 Å². The summed E-state index contributed by atoms with van der Waals surface area (Å²) in [4.78, 5) is 16.6. The van der Waals surface area contributed by atoms with Gasteiger partial charge in [0.05, 0.1) is 31.5 Å². The maximum atomic E-state index is 14.1. The van der Waals surface area contributed by atoms with Crippen LogP contribution < -0.4 is 25.3 Å². The standard InChI is InChI=1S/C24H22ClF4N3O5/c1-35-18-7-8-20(32-21(18)13-3-5-16(26)15(25)9-13)23(34,24(27,28)29)11-31-22(33)14-4-6-17(37-12-30)19(10-14)36-2/h3-10,34H,11-12,30H2,1-2H3,(H,31,33). The molecular weight excluding hydrogens is 522 g/mol. The van der Waals surface area contributed by atoms with Crippen molar-refractivity contribution < 1.29 is 41.7 Å². The van der Waals surface area contributed by atoms with Crippen LogP contribution in [0.4, 0.5) is 17.6 Å². The SMILES string of the molecule is COc1cc(C(=O)NCC(O)(c2ccc(OC)c(-c3ccc(F)c(Cl)c3)n2)C(F)(F)F)ccc1OCN. The lowest BCUT2D eigenvalue weighted by molar-refractivity contribution is -0.265. The number of pyridine rings is 1. The Labute approximate surface area is 213 Å². The van der Waals surface area contributed by atoms with E-state index in [1.54, 1.807) is 0 Å². The number of aliphatic hydroxyl groups is 1. The van der Waals surface area contributed by atoms with Gasteiger partial charge in [-0.15, -0.1) is 0 Å². The minimum absolute atomic E-state index is 0.0480. The zero-order valence-electron chi connectivity index (χ0n) is 19.5. The second-order valence-corrected chi connectivity index (χ2v) is 8.00. The second kappa shape index (κ2) is 11.2. The molecule has 2 aromatic carbocycles. The molecule has 1 atom stereocenters. The number of nitrogens with zero attached hydrogens (tertiary/aromatic N) is 1. The number of hydrogen-bond acceptors (Lipinski definition) is 7. The van der Waals surface area contributed by atoms with E-state index < -0.39 is 35.7 Å². The monoisotopic (exact) mass is 543 g/mol. The Morgan fingerprint density at radius 2 is 1.73 bits per heavy atom. The van der Waals surface area contributed by atoms with Crippen LogP contribution in [0.1, 0.15) is 16.1 Å². The summed E-state index contributed by atoms with van der Waals surface area (Å²) in [5, 5.41) is 12.6. The van der Waals surface area contributed by atoms with E-state index in [-0.39, 0.29) is 45.8 Å². The average Bonchev–Trinajstić information content (AvgIpc) is 2.88. The number of ether oxygens (including phenoxy) is 3. The molecule has 4 N–H and O–H groups in total. The minimum Gasteiger partial charge on any atom is -0.494 e. The van der Waals surface area contributed by atoms with Gasteiger partial charge in [-0.25, -0.2) is 9.37 Å². The number of nitrogens with two attached hydrogens (primary N) is 1. The minimum atomic E-state index is -5.25. The lowest BCUT2D eigenvalue weighted by atomic mass is 9.96. The molecule has 8 nitrogen and oxygen atoms in total. The summed E-state index contributed by atoms with van der Waals surface area (Å²) in [5.74, 6) is -1.27. The number of nitrogens with one attached hydrogen (secondary N) is 1. The Morgan fingerprint density at radius 3 is 2.32 bits per heavy atom. The smallest absolute Gasteiger partial charge is 0.424 e. The maximum Gasteiger partial charge on any atom is 0.424 e. The van der Waals surface area contributed by atoms with E-state index in [1.165, 1.54) is 38.5 Å². The molecule has 0 aliphatic rings. The van der Waals surface area contributed by atoms with Crippen molar-refractivity contribution in [2.45, 2.75) is 11.8 Å².